The number of nitrogens with zero attached hydrogens (tertiary/aromatic N) is 3. The topological polar surface area (TPSA) is 42.9 Å². The third-order valence-electron chi connectivity index (χ3n) is 6.32. The van der Waals surface area contributed by atoms with E-state index in [0.717, 1.165) is 43.2 Å². The van der Waals surface area contributed by atoms with Crippen molar-refractivity contribution in [2.75, 3.05) is 53.9 Å². The lowest BCUT2D eigenvalue weighted by Crippen LogP contribution is -2.56. The number of rotatable bonds is 5. The number of hydrogen-bond acceptors (Lipinski definition) is 3. The summed E-state index contributed by atoms with van der Waals surface area (Å²) in [5.41, 5.74) is 1.67. The lowest BCUT2D eigenvalue weighted by atomic mass is 9.79. The summed E-state index contributed by atoms with van der Waals surface area (Å²) in [5.74, 6) is 0.917. The normalized spacial score (nSPS) is 24.1. The summed E-state index contributed by atoms with van der Waals surface area (Å²) in [6, 6.07) is 9.41. The molecule has 0 radical (unpaired) electrons. The van der Waals surface area contributed by atoms with Crippen molar-refractivity contribution in [1.82, 2.24) is 20.4 Å². The van der Waals surface area contributed by atoms with Crippen molar-refractivity contribution < 1.29 is 0 Å². The predicted molar refractivity (Wildman–Crippen MR) is 118 cm³/mol. The highest BCUT2D eigenvalue weighted by Crippen LogP contribution is 2.40. The van der Waals surface area contributed by atoms with E-state index < -0.39 is 0 Å². The van der Waals surface area contributed by atoms with Gasteiger partial charge >= 0.3 is 0 Å². The molecule has 0 bridgehead atoms. The molecule has 1 unspecified atom stereocenters. The average molecular weight is 436 g/mol. The van der Waals surface area contributed by atoms with Crippen LogP contribution in [0.25, 0.3) is 0 Å². The Morgan fingerprint density at radius 2 is 1.85 bits per heavy atom. The number of benzene rings is 1. The first kappa shape index (κ1) is 20.6. The Balaban J connectivity index is 1.58. The average Bonchev–Trinajstić information content (AvgIpc) is 3.15. The second kappa shape index (κ2) is 9.39. The van der Waals surface area contributed by atoms with Crippen LogP contribution in [0.15, 0.2) is 33.7 Å². The number of guanidine groups is 1. The minimum absolute atomic E-state index is 0.222. The molecular weight excluding hydrogens is 402 g/mol. The molecule has 1 aliphatic heterocycles. The Bertz CT molecular complexity index is 624. The first-order valence-electron chi connectivity index (χ1n) is 10.1. The van der Waals surface area contributed by atoms with Crippen molar-refractivity contribution in [1.29, 1.82) is 0 Å². The Morgan fingerprint density at radius 3 is 2.52 bits per heavy atom. The maximum Gasteiger partial charge on any atom is 0.191 e. The van der Waals surface area contributed by atoms with Gasteiger partial charge in [-0.15, -0.1) is 0 Å². The van der Waals surface area contributed by atoms with Gasteiger partial charge in [0.2, 0.25) is 0 Å². The van der Waals surface area contributed by atoms with Crippen molar-refractivity contribution in [3.63, 3.8) is 0 Å². The summed E-state index contributed by atoms with van der Waals surface area (Å²) < 4.78 is 1.14. The van der Waals surface area contributed by atoms with Gasteiger partial charge in [0.15, 0.2) is 5.96 Å². The quantitative estimate of drug-likeness (QED) is 0.550. The number of nitrogens with one attached hydrogen (secondary N) is 2. The second-order valence-electron chi connectivity index (χ2n) is 8.20. The number of halogens is 1. The third-order valence-corrected chi connectivity index (χ3v) is 6.85. The predicted octanol–water partition coefficient (Wildman–Crippen LogP) is 2.67. The molecule has 0 aromatic heterocycles. The molecule has 0 spiro atoms. The van der Waals surface area contributed by atoms with Crippen LogP contribution in [0.2, 0.25) is 0 Å². The van der Waals surface area contributed by atoms with Crippen LogP contribution in [0.4, 0.5) is 0 Å². The number of hydrogen-bond donors (Lipinski definition) is 2. The maximum absolute atomic E-state index is 4.47. The number of aliphatic imine (C=N–C) groups is 1. The molecule has 5 nitrogen and oxygen atoms in total. The van der Waals surface area contributed by atoms with E-state index in [1.165, 1.54) is 31.2 Å². The van der Waals surface area contributed by atoms with Crippen LogP contribution < -0.4 is 10.6 Å². The summed E-state index contributed by atoms with van der Waals surface area (Å²) >= 11 is 3.56. The van der Waals surface area contributed by atoms with E-state index >= 15 is 0 Å². The van der Waals surface area contributed by atoms with Gasteiger partial charge < -0.3 is 15.5 Å². The molecule has 27 heavy (non-hydrogen) atoms. The van der Waals surface area contributed by atoms with E-state index in [0.29, 0.717) is 6.04 Å². The van der Waals surface area contributed by atoms with Crippen LogP contribution in [0, 0.1) is 0 Å². The zero-order valence-electron chi connectivity index (χ0n) is 17.0. The number of piperazine rings is 1. The minimum Gasteiger partial charge on any atom is -0.356 e. The Kier molecular flexibility index (Phi) is 7.17. The summed E-state index contributed by atoms with van der Waals surface area (Å²) in [7, 11) is 6.29. The molecule has 1 heterocycles. The van der Waals surface area contributed by atoms with Crippen LogP contribution >= 0.6 is 15.9 Å². The standard InChI is InChI=1S/C21H34BrN5/c1-23-20(24-14-19-15-26(2)12-13-27(19)3)25-16-21(10-4-5-11-21)17-6-8-18(22)9-7-17/h6-9,19H,4-5,10-16H2,1-3H3,(H2,23,24,25). The SMILES string of the molecule is CN=C(NCC1CN(C)CCN1C)NCC1(c2ccc(Br)cc2)CCCC1. The molecular formula is C21H34BrN5. The molecule has 2 fully saturated rings. The summed E-state index contributed by atoms with van der Waals surface area (Å²) in [4.78, 5) is 9.32. The Labute approximate surface area is 172 Å². The smallest absolute Gasteiger partial charge is 0.191 e. The van der Waals surface area contributed by atoms with Gasteiger partial charge in [0.25, 0.3) is 0 Å². The molecule has 150 valence electrons. The molecule has 2 aliphatic rings. The fourth-order valence-electron chi connectivity index (χ4n) is 4.43. The number of likely N-dealkylation sites (N-methyl/N-ethyl adjacent to an activating group) is 2. The van der Waals surface area contributed by atoms with Crippen LogP contribution in [0.1, 0.15) is 31.2 Å². The van der Waals surface area contributed by atoms with E-state index in [9.17, 15) is 0 Å². The maximum atomic E-state index is 4.47. The molecule has 1 aromatic carbocycles. The van der Waals surface area contributed by atoms with Gasteiger partial charge in [0.05, 0.1) is 0 Å². The second-order valence-corrected chi connectivity index (χ2v) is 9.11. The fourth-order valence-corrected chi connectivity index (χ4v) is 4.70. The Hall–Kier alpha value is -1.11. The fraction of sp³-hybridized carbons (Fsp3) is 0.667. The van der Waals surface area contributed by atoms with Gasteiger partial charge in [-0.2, -0.15) is 0 Å². The van der Waals surface area contributed by atoms with Crippen LogP contribution in [0.5, 0.6) is 0 Å². The van der Waals surface area contributed by atoms with Gasteiger partial charge in [-0.05, 0) is 44.6 Å². The highest BCUT2D eigenvalue weighted by molar-refractivity contribution is 9.10. The monoisotopic (exact) mass is 435 g/mol. The minimum atomic E-state index is 0.222. The lowest BCUT2D eigenvalue weighted by molar-refractivity contribution is 0.116. The summed E-state index contributed by atoms with van der Waals surface area (Å²) in [6.07, 6.45) is 5.11. The molecule has 2 N–H and O–H groups in total. The van der Waals surface area contributed by atoms with Gasteiger partial charge in [0, 0.05) is 55.7 Å². The molecule has 0 amide bonds. The third kappa shape index (κ3) is 5.24. The summed E-state index contributed by atoms with van der Waals surface area (Å²) in [5, 5.41) is 7.18. The lowest BCUT2D eigenvalue weighted by Gasteiger charge is -2.38. The highest BCUT2D eigenvalue weighted by Gasteiger charge is 2.35. The van der Waals surface area contributed by atoms with Gasteiger partial charge in [-0.1, -0.05) is 40.9 Å². The first-order chi connectivity index (χ1) is 13.0. The Morgan fingerprint density at radius 1 is 1.15 bits per heavy atom. The molecule has 1 saturated heterocycles. The van der Waals surface area contributed by atoms with Crippen molar-refractivity contribution in [3.8, 4) is 0 Å². The van der Waals surface area contributed by atoms with Crippen molar-refractivity contribution in [2.24, 2.45) is 4.99 Å². The van der Waals surface area contributed by atoms with E-state index in [1.54, 1.807) is 0 Å². The molecule has 1 atom stereocenters. The highest BCUT2D eigenvalue weighted by atomic mass is 79.9. The summed E-state index contributed by atoms with van der Waals surface area (Å²) in [6.45, 7) is 5.24. The van der Waals surface area contributed by atoms with E-state index in [4.69, 9.17) is 0 Å². The molecule has 6 heteroatoms. The van der Waals surface area contributed by atoms with Crippen LogP contribution in [-0.2, 0) is 5.41 Å². The van der Waals surface area contributed by atoms with Crippen molar-refractivity contribution in [2.45, 2.75) is 37.1 Å². The zero-order chi connectivity index (χ0) is 19.3. The van der Waals surface area contributed by atoms with E-state index in [1.807, 2.05) is 7.05 Å². The first-order valence-corrected chi connectivity index (χ1v) is 10.9. The zero-order valence-corrected chi connectivity index (χ0v) is 18.6. The molecule has 1 aliphatic carbocycles. The van der Waals surface area contributed by atoms with E-state index in [-0.39, 0.29) is 5.41 Å². The van der Waals surface area contributed by atoms with Crippen LogP contribution in [-0.4, -0.2) is 75.7 Å². The van der Waals surface area contributed by atoms with Crippen LogP contribution in [0.3, 0.4) is 0 Å². The molecule has 1 aromatic rings. The van der Waals surface area contributed by atoms with Gasteiger partial charge in [0.1, 0.15) is 0 Å². The van der Waals surface area contributed by atoms with Gasteiger partial charge in [-0.3, -0.25) is 9.89 Å². The van der Waals surface area contributed by atoms with Crippen molar-refractivity contribution in [3.05, 3.63) is 34.3 Å². The van der Waals surface area contributed by atoms with Gasteiger partial charge in [-0.25, -0.2) is 0 Å². The molecule has 1 saturated carbocycles. The van der Waals surface area contributed by atoms with E-state index in [2.05, 4.69) is 79.7 Å². The van der Waals surface area contributed by atoms with Crippen molar-refractivity contribution >= 4 is 21.9 Å². The molecule has 3 rings (SSSR count). The largest absolute Gasteiger partial charge is 0.356 e.